The molecule has 0 saturated carbocycles. The molecule has 180 valence electrons. The van der Waals surface area contributed by atoms with Crippen LogP contribution in [-0.2, 0) is 33.6 Å². The number of hydrogen-bond acceptors (Lipinski definition) is 9. The van der Waals surface area contributed by atoms with Gasteiger partial charge in [-0.1, -0.05) is 0 Å². The lowest BCUT2D eigenvalue weighted by Gasteiger charge is -2.23. The van der Waals surface area contributed by atoms with Crippen LogP contribution in [0.25, 0.3) is 0 Å². The molecule has 0 aliphatic rings. The van der Waals surface area contributed by atoms with Gasteiger partial charge in [-0.3, -0.25) is 28.8 Å². The third kappa shape index (κ3) is 11.1. The first kappa shape index (κ1) is 28.6. The molecular weight excluding hydrogens is 456 g/mol. The molecule has 3 amide bonds. The topological polar surface area (TPSA) is 263 Å². The van der Waals surface area contributed by atoms with Gasteiger partial charge in [0.1, 0.15) is 18.1 Å². The number of carboxylic acids is 4. The molecule has 0 aromatic carbocycles. The first-order valence-electron chi connectivity index (χ1n) is 8.94. The molecule has 0 heterocycles. The molecule has 4 atom stereocenters. The Morgan fingerprint density at radius 2 is 1.12 bits per heavy atom. The summed E-state index contributed by atoms with van der Waals surface area (Å²) in [4.78, 5) is 80.1. The lowest BCUT2D eigenvalue weighted by molar-refractivity contribution is -0.148. The maximum absolute atomic E-state index is 12.4. The van der Waals surface area contributed by atoms with Crippen LogP contribution in [0.4, 0.5) is 0 Å². The minimum atomic E-state index is -1.89. The fourth-order valence-corrected chi connectivity index (χ4v) is 2.44. The minimum absolute atomic E-state index is 0.230. The van der Waals surface area contributed by atoms with Gasteiger partial charge in [0.2, 0.25) is 17.7 Å². The summed E-state index contributed by atoms with van der Waals surface area (Å²) in [6.07, 6.45) is -2.62. The number of carbonyl (C=O) groups excluding carboxylic acids is 3. The number of carbonyl (C=O) groups is 7. The molecule has 0 spiro atoms. The Morgan fingerprint density at radius 1 is 0.688 bits per heavy atom. The highest BCUT2D eigenvalue weighted by molar-refractivity contribution is 7.80. The van der Waals surface area contributed by atoms with Gasteiger partial charge in [-0.2, -0.15) is 12.6 Å². The van der Waals surface area contributed by atoms with Crippen LogP contribution < -0.4 is 21.7 Å². The van der Waals surface area contributed by atoms with Crippen molar-refractivity contribution in [2.45, 2.75) is 49.9 Å². The SMILES string of the molecule is NC(CCC(=O)O)C(=O)NC(CS)C(=O)NC(CC(=O)O)C(=O)NC(CC(=O)O)C(=O)O. The van der Waals surface area contributed by atoms with Crippen LogP contribution in [0.3, 0.4) is 0 Å². The second-order valence-electron chi connectivity index (χ2n) is 6.44. The van der Waals surface area contributed by atoms with E-state index in [-0.39, 0.29) is 12.2 Å². The monoisotopic (exact) mass is 480 g/mol. The number of aliphatic carboxylic acids is 4. The van der Waals surface area contributed by atoms with Gasteiger partial charge in [0.15, 0.2) is 0 Å². The summed E-state index contributed by atoms with van der Waals surface area (Å²) in [5, 5.41) is 41.3. The summed E-state index contributed by atoms with van der Waals surface area (Å²) in [5.74, 6) is -9.54. The van der Waals surface area contributed by atoms with Crippen LogP contribution in [0, 0.1) is 0 Å². The van der Waals surface area contributed by atoms with E-state index in [4.69, 9.17) is 26.2 Å². The quantitative estimate of drug-likeness (QED) is 0.104. The van der Waals surface area contributed by atoms with Gasteiger partial charge in [-0.05, 0) is 6.42 Å². The van der Waals surface area contributed by atoms with Crippen molar-refractivity contribution < 1.29 is 54.0 Å². The summed E-state index contributed by atoms with van der Waals surface area (Å²) in [7, 11) is 0. The first-order chi connectivity index (χ1) is 14.8. The van der Waals surface area contributed by atoms with Crippen molar-refractivity contribution >= 4 is 54.2 Å². The van der Waals surface area contributed by atoms with E-state index in [0.717, 1.165) is 0 Å². The Kier molecular flexibility index (Phi) is 12.3. The fourth-order valence-electron chi connectivity index (χ4n) is 2.19. The Hall–Kier alpha value is -3.40. The van der Waals surface area contributed by atoms with Crippen LogP contribution in [0.2, 0.25) is 0 Å². The van der Waals surface area contributed by atoms with Crippen LogP contribution in [0.15, 0.2) is 0 Å². The molecule has 0 radical (unpaired) electrons. The smallest absolute Gasteiger partial charge is 0.326 e. The number of carboxylic acid groups (broad SMARTS) is 4. The molecule has 15 nitrogen and oxygen atoms in total. The van der Waals surface area contributed by atoms with Crippen molar-refractivity contribution in [3.63, 3.8) is 0 Å². The molecule has 0 aromatic rings. The molecule has 9 N–H and O–H groups in total. The van der Waals surface area contributed by atoms with Crippen molar-refractivity contribution in [2.75, 3.05) is 5.75 Å². The van der Waals surface area contributed by atoms with E-state index in [1.54, 1.807) is 0 Å². The fraction of sp³-hybridized carbons (Fsp3) is 0.562. The van der Waals surface area contributed by atoms with E-state index in [0.29, 0.717) is 0 Å². The first-order valence-corrected chi connectivity index (χ1v) is 9.57. The Morgan fingerprint density at radius 3 is 1.56 bits per heavy atom. The number of nitrogens with one attached hydrogen (secondary N) is 3. The molecule has 16 heteroatoms. The molecule has 0 saturated heterocycles. The third-order valence-corrected chi connectivity index (χ3v) is 4.19. The summed E-state index contributed by atoms with van der Waals surface area (Å²) in [5.41, 5.74) is 5.53. The van der Waals surface area contributed by atoms with Gasteiger partial charge in [0.05, 0.1) is 18.9 Å². The molecule has 0 aromatic heterocycles. The summed E-state index contributed by atoms with van der Waals surface area (Å²) >= 11 is 3.88. The summed E-state index contributed by atoms with van der Waals surface area (Å²) in [6.45, 7) is 0. The molecular formula is C16H24N4O11S. The van der Waals surface area contributed by atoms with E-state index < -0.39 is 85.0 Å². The van der Waals surface area contributed by atoms with Crippen LogP contribution >= 0.6 is 12.6 Å². The van der Waals surface area contributed by atoms with E-state index in [2.05, 4.69) is 17.9 Å². The van der Waals surface area contributed by atoms with Crippen LogP contribution in [0.5, 0.6) is 0 Å². The molecule has 0 bridgehead atoms. The molecule has 0 rings (SSSR count). The maximum atomic E-state index is 12.4. The minimum Gasteiger partial charge on any atom is -0.481 e. The molecule has 0 fully saturated rings. The largest absolute Gasteiger partial charge is 0.481 e. The van der Waals surface area contributed by atoms with Gasteiger partial charge in [0, 0.05) is 12.2 Å². The zero-order valence-electron chi connectivity index (χ0n) is 16.5. The van der Waals surface area contributed by atoms with E-state index >= 15 is 0 Å². The lowest BCUT2D eigenvalue weighted by atomic mass is 10.1. The van der Waals surface area contributed by atoms with Gasteiger partial charge >= 0.3 is 23.9 Å². The normalized spacial score (nSPS) is 14.2. The summed E-state index contributed by atoms with van der Waals surface area (Å²) in [6, 6.07) is -6.37. The van der Waals surface area contributed by atoms with Gasteiger partial charge in [-0.15, -0.1) is 0 Å². The molecule has 4 unspecified atom stereocenters. The second kappa shape index (κ2) is 13.8. The summed E-state index contributed by atoms with van der Waals surface area (Å²) < 4.78 is 0. The lowest BCUT2D eigenvalue weighted by Crippen LogP contribution is -2.58. The third-order valence-electron chi connectivity index (χ3n) is 3.83. The zero-order valence-corrected chi connectivity index (χ0v) is 17.4. The number of amides is 3. The predicted octanol–water partition coefficient (Wildman–Crippen LogP) is -3.40. The highest BCUT2D eigenvalue weighted by atomic mass is 32.1. The highest BCUT2D eigenvalue weighted by Gasteiger charge is 2.32. The van der Waals surface area contributed by atoms with Crippen molar-refractivity contribution in [2.24, 2.45) is 5.73 Å². The van der Waals surface area contributed by atoms with Crippen LogP contribution in [-0.4, -0.2) is 91.9 Å². The highest BCUT2D eigenvalue weighted by Crippen LogP contribution is 2.01. The van der Waals surface area contributed by atoms with Crippen molar-refractivity contribution in [1.82, 2.24) is 16.0 Å². The molecule has 0 aliphatic heterocycles. The van der Waals surface area contributed by atoms with E-state index in [1.165, 1.54) is 0 Å². The van der Waals surface area contributed by atoms with Crippen molar-refractivity contribution in [3.05, 3.63) is 0 Å². The van der Waals surface area contributed by atoms with Gasteiger partial charge in [0.25, 0.3) is 0 Å². The number of nitrogens with two attached hydrogens (primary N) is 1. The Balaban J connectivity index is 5.27. The van der Waals surface area contributed by atoms with E-state index in [9.17, 15) is 33.6 Å². The number of thiol groups is 1. The maximum Gasteiger partial charge on any atom is 0.326 e. The Bertz CT molecular complexity index is 760. The van der Waals surface area contributed by atoms with Crippen LogP contribution in [0.1, 0.15) is 25.7 Å². The average Bonchev–Trinajstić information content (AvgIpc) is 2.67. The molecule has 0 aliphatic carbocycles. The predicted molar refractivity (Wildman–Crippen MR) is 107 cm³/mol. The standard InChI is InChI=1S/C16H24N4O11S/c17-6(1-2-10(21)22)13(27)20-9(5-32)15(29)18-7(3-11(23)24)14(28)19-8(16(30)31)4-12(25)26/h6-9,32H,1-5,17H2,(H,18,29)(H,19,28)(H,20,27)(H,21,22)(H,23,24)(H,25,26)(H,30,31). The van der Waals surface area contributed by atoms with Gasteiger partial charge in [-0.25, -0.2) is 4.79 Å². The number of rotatable bonds is 15. The Labute approximate surface area is 186 Å². The van der Waals surface area contributed by atoms with Crippen molar-refractivity contribution in [3.8, 4) is 0 Å². The van der Waals surface area contributed by atoms with Crippen molar-refractivity contribution in [1.29, 1.82) is 0 Å². The van der Waals surface area contributed by atoms with E-state index in [1.807, 2.05) is 10.6 Å². The average molecular weight is 480 g/mol. The molecule has 32 heavy (non-hydrogen) atoms. The zero-order chi connectivity index (χ0) is 25.0. The number of hydrogen-bond donors (Lipinski definition) is 9. The second-order valence-corrected chi connectivity index (χ2v) is 6.80. The van der Waals surface area contributed by atoms with Gasteiger partial charge < -0.3 is 42.1 Å².